The van der Waals surface area contributed by atoms with Crippen LogP contribution in [0.15, 0.2) is 0 Å². The summed E-state index contributed by atoms with van der Waals surface area (Å²) < 4.78 is 0. The average molecular weight is 296 g/mol. The van der Waals surface area contributed by atoms with Crippen LogP contribution in [-0.2, 0) is 30.7 Å². The van der Waals surface area contributed by atoms with Crippen LogP contribution in [0.1, 0.15) is 13.8 Å². The molecule has 1 aliphatic rings. The molecule has 2 amide bonds. The van der Waals surface area contributed by atoms with Gasteiger partial charge >= 0.3 is 0 Å². The summed E-state index contributed by atoms with van der Waals surface area (Å²) in [4.78, 5) is 20.8. The van der Waals surface area contributed by atoms with Crippen LogP contribution >= 0.6 is 0 Å². The summed E-state index contributed by atoms with van der Waals surface area (Å²) in [6, 6.07) is 0. The summed E-state index contributed by atoms with van der Waals surface area (Å²) >= 11 is 0. The van der Waals surface area contributed by atoms with Gasteiger partial charge in [0.2, 0.25) is 0 Å². The van der Waals surface area contributed by atoms with Gasteiger partial charge in [-0.25, -0.2) is 0 Å². The average Bonchev–Trinajstić information content (AvgIpc) is 1.68. The molecule has 4 heteroatoms. The SMILES string of the molecule is CC1(C)C(=O)[N-]C1=O.[W]. The maximum absolute atomic E-state index is 10.4. The number of carbonyl (C=O) groups is 2. The molecular formula is C5H6NO2W-. The van der Waals surface area contributed by atoms with Gasteiger partial charge in [-0.3, -0.25) is 0 Å². The molecule has 1 rings (SSSR count). The Labute approximate surface area is 67.5 Å². The Hall–Kier alpha value is -0.172. The van der Waals surface area contributed by atoms with Crippen molar-refractivity contribution in [1.29, 1.82) is 0 Å². The van der Waals surface area contributed by atoms with Gasteiger partial charge in [0.25, 0.3) is 0 Å². The number of hydrogen-bond donors (Lipinski definition) is 0. The van der Waals surface area contributed by atoms with Crippen LogP contribution in [0, 0.1) is 5.41 Å². The molecule has 0 atom stereocenters. The van der Waals surface area contributed by atoms with E-state index >= 15 is 0 Å². The van der Waals surface area contributed by atoms with Crippen LogP contribution in [0.2, 0.25) is 0 Å². The first-order valence-corrected chi connectivity index (χ1v) is 2.36. The number of carbonyl (C=O) groups excluding carboxylic acids is 2. The van der Waals surface area contributed by atoms with E-state index in [1.54, 1.807) is 13.8 Å². The van der Waals surface area contributed by atoms with Crippen molar-refractivity contribution in [3.8, 4) is 0 Å². The normalized spacial score (nSPS) is 21.6. The number of imide groups is 1. The molecule has 1 aliphatic heterocycles. The Balaban J connectivity index is 0.000000640. The van der Waals surface area contributed by atoms with Crippen molar-refractivity contribution in [3.05, 3.63) is 5.32 Å². The second-order valence-corrected chi connectivity index (χ2v) is 2.35. The van der Waals surface area contributed by atoms with Gasteiger partial charge in [-0.05, 0) is 13.8 Å². The molecule has 0 N–H and O–H groups in total. The molecule has 0 aromatic heterocycles. The predicted octanol–water partition coefficient (Wildman–Crippen LogP) is 0.451. The van der Waals surface area contributed by atoms with Gasteiger partial charge in [-0.15, -0.1) is 0 Å². The molecule has 50 valence electrons. The van der Waals surface area contributed by atoms with Crippen LogP contribution < -0.4 is 0 Å². The first-order valence-electron chi connectivity index (χ1n) is 2.36. The molecule has 9 heavy (non-hydrogen) atoms. The zero-order valence-electron chi connectivity index (χ0n) is 5.17. The standard InChI is InChI=1S/C5H7NO2.W/c1-5(2)3(7)6-4(5)8;/h1-2H3,(H,6,7,8);/p-1. The number of rotatable bonds is 0. The molecule has 0 bridgehead atoms. The molecule has 3 nitrogen and oxygen atoms in total. The molecular weight excluding hydrogens is 290 g/mol. The monoisotopic (exact) mass is 296 g/mol. The molecule has 0 radical (unpaired) electrons. The van der Waals surface area contributed by atoms with E-state index in [4.69, 9.17) is 0 Å². The van der Waals surface area contributed by atoms with Crippen LogP contribution in [0.4, 0.5) is 0 Å². The van der Waals surface area contributed by atoms with Gasteiger partial charge in [-0.1, -0.05) is 0 Å². The number of hydrogen-bond acceptors (Lipinski definition) is 2. The third kappa shape index (κ3) is 1.06. The van der Waals surface area contributed by atoms with E-state index in [2.05, 4.69) is 5.32 Å². The fourth-order valence-electron chi connectivity index (χ4n) is 0.410. The van der Waals surface area contributed by atoms with Crippen molar-refractivity contribution in [2.45, 2.75) is 13.8 Å². The quantitative estimate of drug-likeness (QED) is 0.481. The van der Waals surface area contributed by atoms with Gasteiger partial charge in [0.1, 0.15) is 0 Å². The van der Waals surface area contributed by atoms with Crippen molar-refractivity contribution in [3.63, 3.8) is 0 Å². The van der Waals surface area contributed by atoms with Crippen molar-refractivity contribution < 1.29 is 30.7 Å². The van der Waals surface area contributed by atoms with E-state index in [-0.39, 0.29) is 32.9 Å². The second kappa shape index (κ2) is 2.22. The van der Waals surface area contributed by atoms with Crippen molar-refractivity contribution in [2.75, 3.05) is 0 Å². The molecule has 1 fully saturated rings. The van der Waals surface area contributed by atoms with Crippen LogP contribution in [0.3, 0.4) is 0 Å². The minimum Gasteiger partial charge on any atom is -0.594 e. The zero-order chi connectivity index (χ0) is 6.36. The summed E-state index contributed by atoms with van der Waals surface area (Å²) in [5.74, 6) is -0.606. The molecule has 0 aliphatic carbocycles. The van der Waals surface area contributed by atoms with Gasteiger partial charge in [0.15, 0.2) is 0 Å². The Morgan fingerprint density at radius 2 is 1.56 bits per heavy atom. The summed E-state index contributed by atoms with van der Waals surface area (Å²) in [5.41, 5.74) is -0.806. The summed E-state index contributed by atoms with van der Waals surface area (Å²) in [5, 5.41) is 3.10. The third-order valence-electron chi connectivity index (χ3n) is 1.27. The molecule has 1 saturated heterocycles. The van der Waals surface area contributed by atoms with Crippen LogP contribution in [-0.4, -0.2) is 11.8 Å². The molecule has 1 heterocycles. The fraction of sp³-hybridized carbons (Fsp3) is 0.600. The van der Waals surface area contributed by atoms with E-state index in [1.165, 1.54) is 0 Å². The first kappa shape index (κ1) is 8.83. The predicted molar refractivity (Wildman–Crippen MR) is 27.2 cm³/mol. The Morgan fingerprint density at radius 1 is 1.22 bits per heavy atom. The topological polar surface area (TPSA) is 48.2 Å². The number of β-lactam (4-membered cyclic amide) rings is 2. The van der Waals surface area contributed by atoms with E-state index in [9.17, 15) is 9.59 Å². The Bertz CT molecular complexity index is 148. The second-order valence-electron chi connectivity index (χ2n) is 2.35. The molecule has 0 aromatic carbocycles. The van der Waals surface area contributed by atoms with E-state index in [0.717, 1.165) is 0 Å². The van der Waals surface area contributed by atoms with Gasteiger partial charge in [0, 0.05) is 26.5 Å². The summed E-state index contributed by atoms with van der Waals surface area (Å²) in [6.07, 6.45) is 0. The smallest absolute Gasteiger partial charge is 0.0681 e. The third-order valence-corrected chi connectivity index (χ3v) is 1.27. The molecule has 0 spiro atoms. The number of amides is 2. The van der Waals surface area contributed by atoms with E-state index in [0.29, 0.717) is 0 Å². The van der Waals surface area contributed by atoms with Crippen molar-refractivity contribution >= 4 is 11.8 Å². The maximum atomic E-state index is 10.4. The molecule has 0 unspecified atom stereocenters. The summed E-state index contributed by atoms with van der Waals surface area (Å²) in [6.45, 7) is 3.15. The molecule has 0 aromatic rings. The summed E-state index contributed by atoms with van der Waals surface area (Å²) in [7, 11) is 0. The van der Waals surface area contributed by atoms with Gasteiger partial charge in [-0.2, -0.15) is 0 Å². The first-order chi connectivity index (χ1) is 3.55. The maximum Gasteiger partial charge on any atom is 0.0681 e. The zero-order valence-corrected chi connectivity index (χ0v) is 8.11. The van der Waals surface area contributed by atoms with Gasteiger partial charge in [0.05, 0.1) is 11.8 Å². The fourth-order valence-corrected chi connectivity index (χ4v) is 0.410. The Kier molecular flexibility index (Phi) is 2.18. The van der Waals surface area contributed by atoms with Crippen molar-refractivity contribution in [2.24, 2.45) is 5.41 Å². The van der Waals surface area contributed by atoms with Gasteiger partial charge < -0.3 is 14.9 Å². The number of nitrogens with zero attached hydrogens (tertiary/aromatic N) is 1. The van der Waals surface area contributed by atoms with Crippen molar-refractivity contribution in [1.82, 2.24) is 0 Å². The van der Waals surface area contributed by atoms with Crippen LogP contribution in [0.25, 0.3) is 5.32 Å². The van der Waals surface area contributed by atoms with E-state index < -0.39 is 5.41 Å². The largest absolute Gasteiger partial charge is 0.594 e. The van der Waals surface area contributed by atoms with Crippen LogP contribution in [0.5, 0.6) is 0 Å². The molecule has 0 saturated carbocycles. The minimum atomic E-state index is -0.806. The minimum absolute atomic E-state index is 0. The Morgan fingerprint density at radius 3 is 1.56 bits per heavy atom. The van der Waals surface area contributed by atoms with E-state index in [1.807, 2.05) is 0 Å².